The maximum atomic E-state index is 13.2. The highest BCUT2D eigenvalue weighted by molar-refractivity contribution is 8.01. The summed E-state index contributed by atoms with van der Waals surface area (Å²) in [5, 5.41) is 14.7. The molecule has 0 aliphatic carbocycles. The van der Waals surface area contributed by atoms with E-state index in [1.54, 1.807) is 12.1 Å². The van der Waals surface area contributed by atoms with E-state index in [0.29, 0.717) is 15.2 Å². The Morgan fingerprint density at radius 2 is 2.00 bits per heavy atom. The van der Waals surface area contributed by atoms with Gasteiger partial charge in [-0.3, -0.25) is 4.79 Å². The lowest BCUT2D eigenvalue weighted by Gasteiger charge is -2.15. The van der Waals surface area contributed by atoms with Gasteiger partial charge in [-0.05, 0) is 55.7 Å². The van der Waals surface area contributed by atoms with Gasteiger partial charge >= 0.3 is 0 Å². The van der Waals surface area contributed by atoms with Gasteiger partial charge in [0.05, 0.1) is 11.8 Å². The van der Waals surface area contributed by atoms with Crippen LogP contribution in [0, 0.1) is 19.7 Å². The summed E-state index contributed by atoms with van der Waals surface area (Å²) < 4.78 is 13.9. The third-order valence-corrected chi connectivity index (χ3v) is 6.19. The monoisotopic (exact) mass is 416 g/mol. The molecule has 0 fully saturated rings. The lowest BCUT2D eigenvalue weighted by Crippen LogP contribution is -2.28. The average molecular weight is 417 g/mol. The number of nitrogens with one attached hydrogen (secondary N) is 2. The van der Waals surface area contributed by atoms with E-state index in [2.05, 4.69) is 46.8 Å². The Kier molecular flexibility index (Phi) is 6.64. The number of nitrogens with zero attached hydrogens (tertiary/aromatic N) is 2. The predicted octanol–water partition coefficient (Wildman–Crippen LogP) is 5.01. The zero-order valence-electron chi connectivity index (χ0n) is 15.8. The minimum absolute atomic E-state index is 0.0629. The minimum Gasteiger partial charge on any atom is -0.349 e. The fourth-order valence-electron chi connectivity index (χ4n) is 2.54. The summed E-state index contributed by atoms with van der Waals surface area (Å²) in [6.07, 6.45) is 0. The average Bonchev–Trinajstić information content (AvgIpc) is 3.09. The van der Waals surface area contributed by atoms with Gasteiger partial charge in [-0.1, -0.05) is 47.4 Å². The van der Waals surface area contributed by atoms with Gasteiger partial charge in [-0.2, -0.15) is 0 Å². The van der Waals surface area contributed by atoms with E-state index < -0.39 is 0 Å². The smallest absolute Gasteiger partial charge is 0.230 e. The molecule has 0 saturated heterocycles. The molecule has 0 aliphatic heterocycles. The van der Waals surface area contributed by atoms with E-state index in [1.165, 1.54) is 46.4 Å². The van der Waals surface area contributed by atoms with Crippen molar-refractivity contribution in [3.8, 4) is 0 Å². The molecule has 3 rings (SSSR count). The van der Waals surface area contributed by atoms with Gasteiger partial charge < -0.3 is 10.6 Å². The fraction of sp³-hybridized carbons (Fsp3) is 0.250. The Balaban J connectivity index is 1.50. The molecule has 1 atom stereocenters. The van der Waals surface area contributed by atoms with Gasteiger partial charge in [-0.15, -0.1) is 10.2 Å². The molecule has 8 heteroatoms. The summed E-state index contributed by atoms with van der Waals surface area (Å²) in [5.41, 5.74) is 4.13. The number of anilines is 2. The summed E-state index contributed by atoms with van der Waals surface area (Å²) in [7, 11) is 0. The number of carbonyl (C=O) groups excluding carboxylic acids is 1. The third-order valence-electron chi connectivity index (χ3n) is 4.22. The molecule has 28 heavy (non-hydrogen) atoms. The Morgan fingerprint density at radius 3 is 2.75 bits per heavy atom. The van der Waals surface area contributed by atoms with Crippen molar-refractivity contribution in [1.29, 1.82) is 0 Å². The van der Waals surface area contributed by atoms with Gasteiger partial charge in [-0.25, -0.2) is 4.39 Å². The van der Waals surface area contributed by atoms with Crippen molar-refractivity contribution in [1.82, 2.24) is 15.5 Å². The van der Waals surface area contributed by atoms with E-state index in [1.807, 2.05) is 13.0 Å². The van der Waals surface area contributed by atoms with Crippen LogP contribution in [0.1, 0.15) is 29.7 Å². The molecule has 0 unspecified atom stereocenters. The van der Waals surface area contributed by atoms with E-state index in [0.717, 1.165) is 5.56 Å². The molecule has 0 spiro atoms. The van der Waals surface area contributed by atoms with Crippen LogP contribution in [-0.2, 0) is 4.79 Å². The molecule has 2 aromatic carbocycles. The maximum absolute atomic E-state index is 13.2. The number of rotatable bonds is 7. The number of hydrogen-bond acceptors (Lipinski definition) is 6. The second-order valence-electron chi connectivity index (χ2n) is 6.43. The van der Waals surface area contributed by atoms with Crippen molar-refractivity contribution in [2.75, 3.05) is 11.1 Å². The van der Waals surface area contributed by atoms with Crippen molar-refractivity contribution in [2.24, 2.45) is 0 Å². The highest BCUT2D eigenvalue weighted by Gasteiger charge is 2.12. The molecule has 1 heterocycles. The van der Waals surface area contributed by atoms with E-state index in [4.69, 9.17) is 0 Å². The Labute approximate surface area is 171 Å². The van der Waals surface area contributed by atoms with Crippen LogP contribution in [0.25, 0.3) is 0 Å². The molecule has 0 bridgehead atoms. The molecule has 1 amide bonds. The summed E-state index contributed by atoms with van der Waals surface area (Å²) in [4.78, 5) is 12.3. The molecule has 3 aromatic rings. The standard InChI is InChI=1S/C20H21FN4OS2/c1-12-7-8-15(9-13(12)2)14(3)22-18(26)11-27-20-25-24-19(28-20)23-17-6-4-5-16(21)10-17/h4-10,14H,11H2,1-3H3,(H,22,26)(H,23,24)/t14-/m0/s1. The lowest BCUT2D eigenvalue weighted by molar-refractivity contribution is -0.119. The topological polar surface area (TPSA) is 66.9 Å². The Morgan fingerprint density at radius 1 is 1.18 bits per heavy atom. The van der Waals surface area contributed by atoms with E-state index >= 15 is 0 Å². The summed E-state index contributed by atoms with van der Waals surface area (Å²) in [5.74, 6) is -0.131. The molecule has 0 aliphatic rings. The van der Waals surface area contributed by atoms with Crippen molar-refractivity contribution in [3.63, 3.8) is 0 Å². The second-order valence-corrected chi connectivity index (χ2v) is 8.63. The largest absolute Gasteiger partial charge is 0.349 e. The van der Waals surface area contributed by atoms with Gasteiger partial charge in [0, 0.05) is 5.69 Å². The zero-order chi connectivity index (χ0) is 20.1. The van der Waals surface area contributed by atoms with Gasteiger partial charge in [0.15, 0.2) is 4.34 Å². The molecular formula is C20H21FN4OS2. The molecule has 1 aromatic heterocycles. The third kappa shape index (κ3) is 5.53. The Hall–Kier alpha value is -2.45. The number of amides is 1. The fourth-order valence-corrected chi connectivity index (χ4v) is 4.12. The molecule has 146 valence electrons. The van der Waals surface area contributed by atoms with Crippen LogP contribution in [-0.4, -0.2) is 21.9 Å². The van der Waals surface area contributed by atoms with Crippen LogP contribution in [0.2, 0.25) is 0 Å². The minimum atomic E-state index is -0.321. The van der Waals surface area contributed by atoms with Gasteiger partial charge in [0.2, 0.25) is 11.0 Å². The quantitative estimate of drug-likeness (QED) is 0.530. The molecule has 5 nitrogen and oxygen atoms in total. The number of benzene rings is 2. The van der Waals surface area contributed by atoms with Crippen LogP contribution in [0.5, 0.6) is 0 Å². The SMILES string of the molecule is Cc1ccc([C@H](C)NC(=O)CSc2nnc(Nc3cccc(F)c3)s2)cc1C. The highest BCUT2D eigenvalue weighted by atomic mass is 32.2. The van der Waals surface area contributed by atoms with Gasteiger partial charge in [0.25, 0.3) is 0 Å². The maximum Gasteiger partial charge on any atom is 0.230 e. The van der Waals surface area contributed by atoms with Crippen LogP contribution >= 0.6 is 23.1 Å². The normalized spacial score (nSPS) is 11.9. The number of thioether (sulfide) groups is 1. The number of halogens is 1. The summed E-state index contributed by atoms with van der Waals surface area (Å²) in [6.45, 7) is 6.10. The summed E-state index contributed by atoms with van der Waals surface area (Å²) >= 11 is 2.65. The molecular weight excluding hydrogens is 395 g/mol. The van der Waals surface area contributed by atoms with E-state index in [-0.39, 0.29) is 23.5 Å². The first-order chi connectivity index (χ1) is 13.4. The highest BCUT2D eigenvalue weighted by Crippen LogP contribution is 2.28. The van der Waals surface area contributed by atoms with E-state index in [9.17, 15) is 9.18 Å². The number of aromatic nitrogens is 2. The Bertz CT molecular complexity index is 976. The van der Waals surface area contributed by atoms with Crippen LogP contribution in [0.4, 0.5) is 15.2 Å². The zero-order valence-corrected chi connectivity index (χ0v) is 17.5. The van der Waals surface area contributed by atoms with Gasteiger partial charge in [0.1, 0.15) is 5.82 Å². The second kappa shape index (κ2) is 9.16. The van der Waals surface area contributed by atoms with Crippen molar-refractivity contribution >= 4 is 39.8 Å². The predicted molar refractivity (Wildman–Crippen MR) is 113 cm³/mol. The number of hydrogen-bond donors (Lipinski definition) is 2. The first-order valence-corrected chi connectivity index (χ1v) is 10.6. The van der Waals surface area contributed by atoms with Crippen molar-refractivity contribution in [2.45, 2.75) is 31.2 Å². The first kappa shape index (κ1) is 20.3. The molecule has 2 N–H and O–H groups in total. The number of carbonyl (C=O) groups is 1. The van der Waals surface area contributed by atoms with Crippen molar-refractivity contribution in [3.05, 3.63) is 65.0 Å². The van der Waals surface area contributed by atoms with Crippen LogP contribution in [0.3, 0.4) is 0 Å². The molecule has 0 radical (unpaired) electrons. The van der Waals surface area contributed by atoms with Crippen LogP contribution in [0.15, 0.2) is 46.8 Å². The lowest BCUT2D eigenvalue weighted by atomic mass is 10.0. The first-order valence-electron chi connectivity index (χ1n) is 8.76. The van der Waals surface area contributed by atoms with Crippen LogP contribution < -0.4 is 10.6 Å². The number of aryl methyl sites for hydroxylation is 2. The summed E-state index contributed by atoms with van der Waals surface area (Å²) in [6, 6.07) is 12.3. The molecule has 0 saturated carbocycles. The van der Waals surface area contributed by atoms with Crippen molar-refractivity contribution < 1.29 is 9.18 Å².